The highest BCUT2D eigenvalue weighted by atomic mass is 32.2. The van der Waals surface area contributed by atoms with Gasteiger partial charge in [0.2, 0.25) is 5.95 Å². The average Bonchev–Trinajstić information content (AvgIpc) is 3.22. The van der Waals surface area contributed by atoms with Crippen molar-refractivity contribution in [2.45, 2.75) is 19.1 Å². The van der Waals surface area contributed by atoms with Crippen molar-refractivity contribution in [3.05, 3.63) is 57.0 Å². The molecule has 3 N–H and O–H groups in total. The molecule has 9 heteroatoms. The van der Waals surface area contributed by atoms with Crippen LogP contribution in [-0.2, 0) is 12.2 Å². The summed E-state index contributed by atoms with van der Waals surface area (Å²) in [6.07, 6.45) is 3.83. The lowest BCUT2D eigenvalue weighted by Crippen LogP contribution is -2.18. The molecule has 0 amide bonds. The number of H-pyrrole nitrogens is 2. The van der Waals surface area contributed by atoms with Crippen LogP contribution in [0.25, 0.3) is 0 Å². The predicted octanol–water partition coefficient (Wildman–Crippen LogP) is 2.19. The van der Waals surface area contributed by atoms with Crippen molar-refractivity contribution >= 4 is 29.2 Å². The third-order valence-electron chi connectivity index (χ3n) is 3.45. The van der Waals surface area contributed by atoms with Crippen LogP contribution >= 0.6 is 23.3 Å². The van der Waals surface area contributed by atoms with Gasteiger partial charge >= 0.3 is 0 Å². The molecule has 0 radical (unpaired) electrons. The van der Waals surface area contributed by atoms with Gasteiger partial charge < -0.3 is 10.3 Å². The fraction of sp³-hybridized carbons (Fsp3) is 0.333. The zero-order valence-corrected chi connectivity index (χ0v) is 14.8. The maximum Gasteiger partial charge on any atom is 0.255 e. The molecule has 126 valence electrons. The number of imidazole rings is 1. The summed E-state index contributed by atoms with van der Waals surface area (Å²) in [7, 11) is 0. The van der Waals surface area contributed by atoms with E-state index in [4.69, 9.17) is 0 Å². The molecule has 3 aromatic heterocycles. The minimum absolute atomic E-state index is 0.125. The van der Waals surface area contributed by atoms with Gasteiger partial charge in [0.25, 0.3) is 5.56 Å². The Morgan fingerprint density at radius 1 is 1.38 bits per heavy atom. The molecule has 0 bridgehead atoms. The molecule has 0 aliphatic heterocycles. The summed E-state index contributed by atoms with van der Waals surface area (Å²) < 4.78 is 4.21. The third-order valence-corrected chi connectivity index (χ3v) is 5.02. The van der Waals surface area contributed by atoms with Gasteiger partial charge in [-0.1, -0.05) is 0 Å². The van der Waals surface area contributed by atoms with Gasteiger partial charge in [-0.25, -0.2) is 9.97 Å². The molecule has 24 heavy (non-hydrogen) atoms. The summed E-state index contributed by atoms with van der Waals surface area (Å²) in [5.74, 6) is 2.27. The molecule has 0 saturated heterocycles. The first-order valence-corrected chi connectivity index (χ1v) is 9.49. The molecular formula is C15H18N6OS2. The molecule has 3 heterocycles. The number of hydrogen-bond acceptors (Lipinski definition) is 7. The molecule has 0 aliphatic rings. The van der Waals surface area contributed by atoms with Crippen molar-refractivity contribution < 1.29 is 0 Å². The topological polar surface area (TPSA) is 99.3 Å². The molecule has 3 rings (SSSR count). The SMILES string of the molecule is Cc1[nH]cnc1CSCCNc1ncc(Cc2ccsn2)c(=O)[nH]1. The molecule has 3 aromatic rings. The van der Waals surface area contributed by atoms with Crippen molar-refractivity contribution in [3.63, 3.8) is 0 Å². The first-order valence-electron chi connectivity index (χ1n) is 7.50. The summed E-state index contributed by atoms with van der Waals surface area (Å²) >= 11 is 3.16. The van der Waals surface area contributed by atoms with Crippen molar-refractivity contribution in [2.24, 2.45) is 0 Å². The lowest BCUT2D eigenvalue weighted by Gasteiger charge is -2.06. The van der Waals surface area contributed by atoms with Crippen molar-refractivity contribution in [1.29, 1.82) is 0 Å². The number of nitrogens with one attached hydrogen (secondary N) is 3. The first-order chi connectivity index (χ1) is 11.7. The Balaban J connectivity index is 1.45. The number of aromatic amines is 2. The number of rotatable bonds is 8. The molecule has 0 spiro atoms. The zero-order chi connectivity index (χ0) is 16.8. The lowest BCUT2D eigenvalue weighted by atomic mass is 10.2. The maximum atomic E-state index is 12.1. The van der Waals surface area contributed by atoms with Crippen molar-refractivity contribution in [1.82, 2.24) is 24.3 Å². The quantitative estimate of drug-likeness (QED) is 0.531. The van der Waals surface area contributed by atoms with E-state index in [0.29, 0.717) is 17.9 Å². The van der Waals surface area contributed by atoms with E-state index in [2.05, 4.69) is 29.6 Å². The Hall–Kier alpha value is -2.13. The van der Waals surface area contributed by atoms with Gasteiger partial charge in [0.05, 0.1) is 17.7 Å². The number of aromatic nitrogens is 5. The molecule has 0 saturated carbocycles. The molecule has 0 unspecified atom stereocenters. The second-order valence-corrected chi connectivity index (χ2v) is 6.98. The van der Waals surface area contributed by atoms with E-state index >= 15 is 0 Å². The highest BCUT2D eigenvalue weighted by Gasteiger charge is 2.05. The van der Waals surface area contributed by atoms with Crippen LogP contribution in [0.5, 0.6) is 0 Å². The summed E-state index contributed by atoms with van der Waals surface area (Å²) in [6, 6.07) is 1.91. The molecule has 0 aliphatic carbocycles. The number of hydrogen-bond donors (Lipinski definition) is 3. The smallest absolute Gasteiger partial charge is 0.255 e. The monoisotopic (exact) mass is 362 g/mol. The van der Waals surface area contributed by atoms with Gasteiger partial charge in [-0.15, -0.1) is 0 Å². The number of thioether (sulfide) groups is 1. The molecule has 7 nitrogen and oxygen atoms in total. The van der Waals surface area contributed by atoms with Crippen molar-refractivity contribution in [2.75, 3.05) is 17.6 Å². The standard InChI is InChI=1S/C15H18N6OS2/c1-10-13(19-9-18-10)8-23-5-3-16-15-17-7-11(14(22)20-15)6-12-2-4-24-21-12/h2,4,7,9H,3,5-6,8H2,1H3,(H,18,19)(H2,16,17,20,22). The van der Waals surface area contributed by atoms with Crippen molar-refractivity contribution in [3.8, 4) is 0 Å². The number of anilines is 1. The Labute approximate surface area is 147 Å². The highest BCUT2D eigenvalue weighted by molar-refractivity contribution is 7.98. The van der Waals surface area contributed by atoms with E-state index in [9.17, 15) is 4.79 Å². The van der Waals surface area contributed by atoms with E-state index in [1.54, 1.807) is 24.3 Å². The normalized spacial score (nSPS) is 10.9. The van der Waals surface area contributed by atoms with E-state index in [1.165, 1.54) is 11.5 Å². The Morgan fingerprint density at radius 3 is 3.00 bits per heavy atom. The second kappa shape index (κ2) is 8.11. The molecule has 0 atom stereocenters. The van der Waals surface area contributed by atoms with Gasteiger partial charge in [-0.2, -0.15) is 16.1 Å². The fourth-order valence-electron chi connectivity index (χ4n) is 2.10. The lowest BCUT2D eigenvalue weighted by molar-refractivity contribution is 0.996. The number of aryl methyl sites for hydroxylation is 1. The van der Waals surface area contributed by atoms with E-state index in [1.807, 2.05) is 18.4 Å². The Kier molecular flexibility index (Phi) is 5.65. The van der Waals surface area contributed by atoms with Gasteiger partial charge in [-0.05, 0) is 24.5 Å². The van der Waals surface area contributed by atoms with Gasteiger partial charge in [0.15, 0.2) is 0 Å². The minimum atomic E-state index is -0.125. The number of nitrogens with zero attached hydrogens (tertiary/aromatic N) is 3. The van der Waals surface area contributed by atoms with Crippen LogP contribution < -0.4 is 10.9 Å². The van der Waals surface area contributed by atoms with Gasteiger partial charge in [0.1, 0.15) is 0 Å². The van der Waals surface area contributed by atoms with Crippen LogP contribution in [-0.4, -0.2) is 36.6 Å². The van der Waals surface area contributed by atoms with E-state index < -0.39 is 0 Å². The van der Waals surface area contributed by atoms with E-state index in [0.717, 1.165) is 35.1 Å². The maximum absolute atomic E-state index is 12.1. The molecule has 0 aromatic carbocycles. The van der Waals surface area contributed by atoms with Crippen LogP contribution in [0.4, 0.5) is 5.95 Å². The van der Waals surface area contributed by atoms with Crippen LogP contribution in [0, 0.1) is 6.92 Å². The summed E-state index contributed by atoms with van der Waals surface area (Å²) in [6.45, 7) is 2.74. The Bertz CT molecular complexity index is 827. The summed E-state index contributed by atoms with van der Waals surface area (Å²) in [4.78, 5) is 26.4. The second-order valence-electron chi connectivity index (χ2n) is 5.21. The zero-order valence-electron chi connectivity index (χ0n) is 13.2. The van der Waals surface area contributed by atoms with Crippen LogP contribution in [0.3, 0.4) is 0 Å². The predicted molar refractivity (Wildman–Crippen MR) is 97.8 cm³/mol. The average molecular weight is 362 g/mol. The minimum Gasteiger partial charge on any atom is -0.355 e. The van der Waals surface area contributed by atoms with Gasteiger partial charge in [-0.3, -0.25) is 9.78 Å². The molecular weight excluding hydrogens is 344 g/mol. The molecule has 0 fully saturated rings. The van der Waals surface area contributed by atoms with Crippen LogP contribution in [0.15, 0.2) is 28.8 Å². The van der Waals surface area contributed by atoms with Gasteiger partial charge in [0, 0.05) is 47.3 Å². The fourth-order valence-corrected chi connectivity index (χ4v) is 3.52. The summed E-state index contributed by atoms with van der Waals surface area (Å²) in [5, 5.41) is 5.03. The van der Waals surface area contributed by atoms with E-state index in [-0.39, 0.29) is 5.56 Å². The first kappa shape index (κ1) is 16.7. The van der Waals surface area contributed by atoms with Crippen LogP contribution in [0.2, 0.25) is 0 Å². The third kappa shape index (κ3) is 4.45. The van der Waals surface area contributed by atoms with Crippen LogP contribution in [0.1, 0.15) is 22.6 Å². The largest absolute Gasteiger partial charge is 0.355 e. The summed E-state index contributed by atoms with van der Waals surface area (Å²) in [5.41, 5.74) is 3.57. The Morgan fingerprint density at radius 2 is 2.29 bits per heavy atom. The highest BCUT2D eigenvalue weighted by Crippen LogP contribution is 2.12.